The largest absolute Gasteiger partial charge is 0.368 e. The van der Waals surface area contributed by atoms with Crippen molar-refractivity contribution < 1.29 is 4.39 Å². The molecular weight excluding hydrogens is 331 g/mol. The molecule has 3 heterocycles. The van der Waals surface area contributed by atoms with E-state index < -0.39 is 0 Å². The Morgan fingerprint density at radius 2 is 1.96 bits per heavy atom. The van der Waals surface area contributed by atoms with Gasteiger partial charge in [0.1, 0.15) is 11.5 Å². The summed E-state index contributed by atoms with van der Waals surface area (Å²) in [5.74, 6) is 0.470. The molecule has 4 rings (SSSR count). The van der Waals surface area contributed by atoms with Gasteiger partial charge in [-0.15, -0.1) is 0 Å². The second-order valence-corrected chi connectivity index (χ2v) is 6.30. The quantitative estimate of drug-likeness (QED) is 0.724. The van der Waals surface area contributed by atoms with Crippen LogP contribution in [0, 0.1) is 5.82 Å². The van der Waals surface area contributed by atoms with Crippen molar-refractivity contribution in [2.45, 2.75) is 13.0 Å². The normalized spacial score (nSPS) is 17.4. The first-order chi connectivity index (χ1) is 12.7. The third-order valence-electron chi connectivity index (χ3n) is 4.53. The zero-order chi connectivity index (χ0) is 17.9. The fourth-order valence-corrected chi connectivity index (χ4v) is 3.22. The number of anilines is 2. The molecule has 6 nitrogen and oxygen atoms in total. The van der Waals surface area contributed by atoms with Gasteiger partial charge in [0, 0.05) is 50.0 Å². The van der Waals surface area contributed by atoms with Gasteiger partial charge < -0.3 is 9.80 Å². The second-order valence-electron chi connectivity index (χ2n) is 6.30. The summed E-state index contributed by atoms with van der Waals surface area (Å²) in [5.41, 5.74) is 2.38. The summed E-state index contributed by atoms with van der Waals surface area (Å²) in [7, 11) is 0. The molecule has 0 unspecified atom stereocenters. The molecule has 0 spiro atoms. The number of hydrogen-bond donors (Lipinski definition) is 0. The third-order valence-corrected chi connectivity index (χ3v) is 4.53. The minimum atomic E-state index is -0.211. The lowest BCUT2D eigenvalue weighted by molar-refractivity contribution is 0.539. The lowest BCUT2D eigenvalue weighted by Gasteiger charge is -2.41. The molecule has 1 atom stereocenters. The van der Waals surface area contributed by atoms with Crippen molar-refractivity contribution in [1.82, 2.24) is 19.9 Å². The standard InChI is InChI=1S/C19H19FN6/c1-14-13-25(16-4-2-3-15(20)11-16)9-10-26(14)19-23-6-5-17(24-19)18-12-21-7-8-22-18/h2-8,11-12,14H,9-10,13H2,1H3/t14-/m0/s1. The van der Waals surface area contributed by atoms with Gasteiger partial charge in [-0.2, -0.15) is 0 Å². The van der Waals surface area contributed by atoms with Crippen molar-refractivity contribution in [2.75, 3.05) is 29.4 Å². The van der Waals surface area contributed by atoms with E-state index in [0.717, 1.165) is 36.7 Å². The van der Waals surface area contributed by atoms with Crippen molar-refractivity contribution in [1.29, 1.82) is 0 Å². The summed E-state index contributed by atoms with van der Waals surface area (Å²) < 4.78 is 13.5. The molecule has 0 saturated carbocycles. The van der Waals surface area contributed by atoms with Gasteiger partial charge in [0.25, 0.3) is 0 Å². The molecule has 0 radical (unpaired) electrons. The average Bonchev–Trinajstić information content (AvgIpc) is 2.69. The molecular formula is C19H19FN6. The summed E-state index contributed by atoms with van der Waals surface area (Å²) in [6, 6.07) is 8.76. The highest BCUT2D eigenvalue weighted by molar-refractivity contribution is 5.55. The number of halogens is 1. The fraction of sp³-hybridized carbons (Fsp3) is 0.263. The van der Waals surface area contributed by atoms with E-state index in [2.05, 4.69) is 36.7 Å². The van der Waals surface area contributed by atoms with E-state index in [4.69, 9.17) is 0 Å². The number of rotatable bonds is 3. The van der Waals surface area contributed by atoms with Crippen LogP contribution in [0.3, 0.4) is 0 Å². The molecule has 132 valence electrons. The van der Waals surface area contributed by atoms with Crippen molar-refractivity contribution >= 4 is 11.6 Å². The predicted octanol–water partition coefficient (Wildman–Crippen LogP) is 2.79. The highest BCUT2D eigenvalue weighted by Crippen LogP contribution is 2.23. The molecule has 1 aliphatic rings. The SMILES string of the molecule is C[C@H]1CN(c2cccc(F)c2)CCN1c1nccc(-c2cnccn2)n1. The number of hydrogen-bond acceptors (Lipinski definition) is 6. The molecule has 2 aromatic heterocycles. The van der Waals surface area contributed by atoms with Crippen molar-refractivity contribution in [3.63, 3.8) is 0 Å². The minimum Gasteiger partial charge on any atom is -0.368 e. The van der Waals surface area contributed by atoms with Crippen molar-refractivity contribution in [2.24, 2.45) is 0 Å². The highest BCUT2D eigenvalue weighted by Gasteiger charge is 2.26. The molecule has 0 aliphatic carbocycles. The smallest absolute Gasteiger partial charge is 0.226 e. The van der Waals surface area contributed by atoms with Gasteiger partial charge >= 0.3 is 0 Å². The Labute approximate surface area is 151 Å². The predicted molar refractivity (Wildman–Crippen MR) is 98.5 cm³/mol. The first-order valence-electron chi connectivity index (χ1n) is 8.57. The summed E-state index contributed by atoms with van der Waals surface area (Å²) in [5, 5.41) is 0. The van der Waals surface area contributed by atoms with Gasteiger partial charge in [0.15, 0.2) is 0 Å². The molecule has 1 aliphatic heterocycles. The van der Waals surface area contributed by atoms with Gasteiger partial charge in [-0.25, -0.2) is 14.4 Å². The van der Waals surface area contributed by atoms with E-state index in [1.54, 1.807) is 36.9 Å². The zero-order valence-corrected chi connectivity index (χ0v) is 14.5. The number of nitrogens with zero attached hydrogens (tertiary/aromatic N) is 6. The molecule has 0 amide bonds. The van der Waals surface area contributed by atoms with Crippen LogP contribution in [-0.2, 0) is 0 Å². The maximum atomic E-state index is 13.5. The molecule has 0 bridgehead atoms. The maximum absolute atomic E-state index is 13.5. The second kappa shape index (κ2) is 7.03. The molecule has 3 aromatic rings. The van der Waals surface area contributed by atoms with Gasteiger partial charge in [-0.05, 0) is 31.2 Å². The van der Waals surface area contributed by atoms with Crippen molar-refractivity contribution in [3.8, 4) is 11.4 Å². The average molecular weight is 350 g/mol. The Balaban J connectivity index is 1.53. The Kier molecular flexibility index (Phi) is 4.43. The van der Waals surface area contributed by atoms with E-state index in [0.29, 0.717) is 5.95 Å². The highest BCUT2D eigenvalue weighted by atomic mass is 19.1. The lowest BCUT2D eigenvalue weighted by Crippen LogP contribution is -2.52. The van der Waals surface area contributed by atoms with Crippen LogP contribution in [0.4, 0.5) is 16.0 Å². The molecule has 7 heteroatoms. The summed E-state index contributed by atoms with van der Waals surface area (Å²) in [6.45, 7) is 4.46. The van der Waals surface area contributed by atoms with Crippen LogP contribution in [0.25, 0.3) is 11.4 Å². The Bertz CT molecular complexity index is 888. The van der Waals surface area contributed by atoms with Crippen LogP contribution in [0.15, 0.2) is 55.1 Å². The zero-order valence-electron chi connectivity index (χ0n) is 14.5. The van der Waals surface area contributed by atoms with Crippen LogP contribution >= 0.6 is 0 Å². The molecule has 26 heavy (non-hydrogen) atoms. The Morgan fingerprint density at radius 3 is 2.73 bits per heavy atom. The van der Waals surface area contributed by atoms with E-state index in [-0.39, 0.29) is 11.9 Å². The molecule has 1 saturated heterocycles. The first-order valence-corrected chi connectivity index (χ1v) is 8.57. The number of benzene rings is 1. The number of piperazine rings is 1. The monoisotopic (exact) mass is 350 g/mol. The maximum Gasteiger partial charge on any atom is 0.226 e. The minimum absolute atomic E-state index is 0.198. The van der Waals surface area contributed by atoms with E-state index in [9.17, 15) is 4.39 Å². The van der Waals surface area contributed by atoms with Crippen LogP contribution < -0.4 is 9.80 Å². The van der Waals surface area contributed by atoms with Crippen LogP contribution in [0.2, 0.25) is 0 Å². The van der Waals surface area contributed by atoms with E-state index in [1.165, 1.54) is 6.07 Å². The lowest BCUT2D eigenvalue weighted by atomic mass is 10.1. The summed E-state index contributed by atoms with van der Waals surface area (Å²) in [6.07, 6.45) is 6.73. The fourth-order valence-electron chi connectivity index (χ4n) is 3.22. The summed E-state index contributed by atoms with van der Waals surface area (Å²) >= 11 is 0. The van der Waals surface area contributed by atoms with Crippen molar-refractivity contribution in [3.05, 3.63) is 60.9 Å². The van der Waals surface area contributed by atoms with Gasteiger partial charge in [0.2, 0.25) is 5.95 Å². The molecule has 0 N–H and O–H groups in total. The van der Waals surface area contributed by atoms with Crippen LogP contribution in [0.5, 0.6) is 0 Å². The topological polar surface area (TPSA) is 58.0 Å². The first kappa shape index (κ1) is 16.4. The summed E-state index contributed by atoms with van der Waals surface area (Å²) in [4.78, 5) is 21.9. The Hall–Kier alpha value is -3.09. The van der Waals surface area contributed by atoms with E-state index >= 15 is 0 Å². The van der Waals surface area contributed by atoms with Gasteiger partial charge in [-0.3, -0.25) is 9.97 Å². The van der Waals surface area contributed by atoms with E-state index in [1.807, 2.05) is 12.1 Å². The molecule has 1 aromatic carbocycles. The van der Waals surface area contributed by atoms with Gasteiger partial charge in [0.05, 0.1) is 11.9 Å². The molecule has 1 fully saturated rings. The van der Waals surface area contributed by atoms with Gasteiger partial charge in [-0.1, -0.05) is 6.07 Å². The Morgan fingerprint density at radius 1 is 1.04 bits per heavy atom. The van der Waals surface area contributed by atoms with Crippen LogP contribution in [-0.4, -0.2) is 45.6 Å². The third kappa shape index (κ3) is 3.33. The number of aromatic nitrogens is 4. The van der Waals surface area contributed by atoms with Crippen LogP contribution in [0.1, 0.15) is 6.92 Å².